The first-order chi connectivity index (χ1) is 13.1. The second-order valence-electron chi connectivity index (χ2n) is 7.29. The number of nitrogens with zero attached hydrogens (tertiary/aromatic N) is 4. The molecule has 6 heteroatoms. The van der Waals surface area contributed by atoms with Crippen LogP contribution in [0.1, 0.15) is 42.1 Å². The fraction of sp³-hybridized carbons (Fsp3) is 0.429. The zero-order chi connectivity index (χ0) is 19.2. The van der Waals surface area contributed by atoms with E-state index in [0.29, 0.717) is 23.4 Å². The molecule has 1 amide bonds. The monoisotopic (exact) mass is 363 g/mol. The van der Waals surface area contributed by atoms with Gasteiger partial charge in [0.1, 0.15) is 0 Å². The predicted octanol–water partition coefficient (Wildman–Crippen LogP) is 4.81. The molecule has 2 aromatic rings. The number of amides is 1. The lowest BCUT2D eigenvalue weighted by Gasteiger charge is -2.29. The molecule has 1 aromatic heterocycles. The predicted molar refractivity (Wildman–Crippen MR) is 107 cm³/mol. The highest BCUT2D eigenvalue weighted by Gasteiger charge is 2.21. The van der Waals surface area contributed by atoms with E-state index in [-0.39, 0.29) is 0 Å². The van der Waals surface area contributed by atoms with E-state index in [1.54, 1.807) is 18.2 Å². The average molecular weight is 363 g/mol. The molecule has 0 bridgehead atoms. The summed E-state index contributed by atoms with van der Waals surface area (Å²) in [6.07, 6.45) is 8.15. The fourth-order valence-electron chi connectivity index (χ4n) is 3.91. The minimum absolute atomic E-state index is 0.377. The van der Waals surface area contributed by atoms with Gasteiger partial charge in [-0.1, -0.05) is 13.0 Å². The van der Waals surface area contributed by atoms with Crippen LogP contribution in [0.3, 0.4) is 0 Å². The number of azide groups is 1. The van der Waals surface area contributed by atoms with Gasteiger partial charge in [-0.15, -0.1) is 6.58 Å². The maximum Gasteiger partial charge on any atom is 0.249 e. The normalized spacial score (nSPS) is 23.1. The zero-order valence-corrected chi connectivity index (χ0v) is 15.6. The number of benzene rings is 1. The average Bonchev–Trinajstić information content (AvgIpc) is 2.66. The minimum atomic E-state index is -0.568. The minimum Gasteiger partial charge on any atom is -0.314 e. The van der Waals surface area contributed by atoms with Crippen molar-refractivity contribution in [1.29, 1.82) is 0 Å². The van der Waals surface area contributed by atoms with Crippen molar-refractivity contribution in [3.63, 3.8) is 0 Å². The summed E-state index contributed by atoms with van der Waals surface area (Å²) in [5.41, 5.74) is 10.9. The van der Waals surface area contributed by atoms with Gasteiger partial charge in [-0.3, -0.25) is 9.78 Å². The molecule has 1 aliphatic rings. The quantitative estimate of drug-likeness (QED) is 0.366. The van der Waals surface area contributed by atoms with Crippen molar-refractivity contribution in [2.75, 3.05) is 6.54 Å². The van der Waals surface area contributed by atoms with Crippen molar-refractivity contribution >= 4 is 16.8 Å². The van der Waals surface area contributed by atoms with Crippen molar-refractivity contribution in [3.05, 3.63) is 64.7 Å². The Morgan fingerprint density at radius 2 is 2.26 bits per heavy atom. The first kappa shape index (κ1) is 19.1. The summed E-state index contributed by atoms with van der Waals surface area (Å²) >= 11 is 0. The van der Waals surface area contributed by atoms with Crippen molar-refractivity contribution in [2.45, 2.75) is 38.6 Å². The van der Waals surface area contributed by atoms with E-state index >= 15 is 0 Å². The maximum absolute atomic E-state index is 11.9. The highest BCUT2D eigenvalue weighted by molar-refractivity contribution is 5.99. The lowest BCUT2D eigenvalue weighted by molar-refractivity contribution is 0.100. The van der Waals surface area contributed by atoms with Gasteiger partial charge in [0.05, 0.1) is 5.52 Å². The molecule has 1 N–H and O–H groups in total. The van der Waals surface area contributed by atoms with Gasteiger partial charge in [-0.05, 0) is 84.5 Å². The Hall–Kier alpha value is -2.69. The van der Waals surface area contributed by atoms with Gasteiger partial charge < -0.3 is 5.32 Å². The summed E-state index contributed by atoms with van der Waals surface area (Å²) in [7, 11) is 0. The number of allylic oxidation sites excluding steroid dienone is 1. The smallest absolute Gasteiger partial charge is 0.249 e. The van der Waals surface area contributed by atoms with Gasteiger partial charge in [0.25, 0.3) is 0 Å². The van der Waals surface area contributed by atoms with Crippen LogP contribution >= 0.6 is 0 Å². The largest absolute Gasteiger partial charge is 0.314 e. The molecule has 0 spiro atoms. The number of carbonyl (C=O) groups excluding carboxylic acids is 1. The summed E-state index contributed by atoms with van der Waals surface area (Å²) in [6.45, 7) is 7.30. The molecule has 0 radical (unpaired) electrons. The fourth-order valence-corrected chi connectivity index (χ4v) is 3.91. The third-order valence-corrected chi connectivity index (χ3v) is 5.60. The molecule has 1 aromatic carbocycles. The lowest BCUT2D eigenvalue weighted by atomic mass is 9.83. The number of aromatic nitrogens is 1. The standard InChI is InChI=1S/C21H25N5O/c1-3-15-4-6-18(23-10-8-14(15)2)12-16-9-11-24-20-7-5-17(13-19(16)20)21(27)25-26-22/h3,5,7,9,11,13-15,18,23H,1,4,6,8,10,12H2,2H3. The van der Waals surface area contributed by atoms with E-state index in [0.717, 1.165) is 48.7 Å². The van der Waals surface area contributed by atoms with Gasteiger partial charge in [0.2, 0.25) is 5.91 Å². The summed E-state index contributed by atoms with van der Waals surface area (Å²) in [5, 5.41) is 7.81. The Kier molecular flexibility index (Phi) is 6.22. The molecule has 2 heterocycles. The first-order valence-corrected chi connectivity index (χ1v) is 9.45. The van der Waals surface area contributed by atoms with Crippen LogP contribution in [0.2, 0.25) is 0 Å². The molecule has 3 rings (SSSR count). The third-order valence-electron chi connectivity index (χ3n) is 5.60. The molecule has 3 unspecified atom stereocenters. The highest BCUT2D eigenvalue weighted by Crippen LogP contribution is 2.27. The van der Waals surface area contributed by atoms with E-state index in [1.807, 2.05) is 12.3 Å². The number of nitrogens with one attached hydrogen (secondary N) is 1. The van der Waals surface area contributed by atoms with Crippen molar-refractivity contribution < 1.29 is 4.79 Å². The van der Waals surface area contributed by atoms with E-state index < -0.39 is 5.91 Å². The topological polar surface area (TPSA) is 90.8 Å². The summed E-state index contributed by atoms with van der Waals surface area (Å²) < 4.78 is 0. The van der Waals surface area contributed by atoms with Gasteiger partial charge in [0.15, 0.2) is 0 Å². The maximum atomic E-state index is 11.9. The van der Waals surface area contributed by atoms with Crippen LogP contribution in [0.5, 0.6) is 0 Å². The molecule has 140 valence electrons. The van der Waals surface area contributed by atoms with Gasteiger partial charge in [-0.25, -0.2) is 0 Å². The molecule has 0 aliphatic carbocycles. The van der Waals surface area contributed by atoms with Crippen LogP contribution in [0.4, 0.5) is 0 Å². The Labute approximate surface area is 159 Å². The Morgan fingerprint density at radius 3 is 3.04 bits per heavy atom. The van der Waals surface area contributed by atoms with Crippen molar-refractivity contribution in [2.24, 2.45) is 17.0 Å². The SMILES string of the molecule is C=CC1CCC(Cc2ccnc3ccc(C(=O)N=[N+]=[N-])cc23)NCCC1C. The van der Waals surface area contributed by atoms with E-state index in [2.05, 4.69) is 39.9 Å². The van der Waals surface area contributed by atoms with Crippen LogP contribution in [-0.4, -0.2) is 23.5 Å². The van der Waals surface area contributed by atoms with E-state index in [1.165, 1.54) is 0 Å². The summed E-state index contributed by atoms with van der Waals surface area (Å²) in [4.78, 5) is 18.9. The molecule has 3 atom stereocenters. The third kappa shape index (κ3) is 4.54. The van der Waals surface area contributed by atoms with Crippen LogP contribution in [0, 0.1) is 11.8 Å². The molecule has 1 fully saturated rings. The molecule has 6 nitrogen and oxygen atoms in total. The molecule has 27 heavy (non-hydrogen) atoms. The van der Waals surface area contributed by atoms with Crippen LogP contribution in [-0.2, 0) is 6.42 Å². The zero-order valence-electron chi connectivity index (χ0n) is 15.6. The summed E-state index contributed by atoms with van der Waals surface area (Å²) in [6, 6.07) is 7.63. The number of hydrogen-bond acceptors (Lipinski definition) is 3. The van der Waals surface area contributed by atoms with Gasteiger partial charge in [-0.2, -0.15) is 0 Å². The van der Waals surface area contributed by atoms with Gasteiger partial charge in [0, 0.05) is 28.1 Å². The number of rotatable bonds is 4. The second-order valence-corrected chi connectivity index (χ2v) is 7.29. The lowest BCUT2D eigenvalue weighted by Crippen LogP contribution is -2.36. The molecular weight excluding hydrogens is 338 g/mol. The van der Waals surface area contributed by atoms with Crippen molar-refractivity contribution in [1.82, 2.24) is 10.3 Å². The Balaban J connectivity index is 1.85. The van der Waals surface area contributed by atoms with E-state index in [4.69, 9.17) is 5.53 Å². The highest BCUT2D eigenvalue weighted by atomic mass is 16.1. The van der Waals surface area contributed by atoms with Gasteiger partial charge >= 0.3 is 0 Å². The Morgan fingerprint density at radius 1 is 1.41 bits per heavy atom. The molecule has 1 saturated heterocycles. The number of pyridine rings is 1. The van der Waals surface area contributed by atoms with E-state index in [9.17, 15) is 4.79 Å². The van der Waals surface area contributed by atoms with Crippen molar-refractivity contribution in [3.8, 4) is 0 Å². The molecule has 1 aliphatic heterocycles. The van der Waals surface area contributed by atoms with Crippen LogP contribution < -0.4 is 5.32 Å². The molecule has 0 saturated carbocycles. The summed E-state index contributed by atoms with van der Waals surface area (Å²) in [5.74, 6) is 0.657. The Bertz CT molecular complexity index is 887. The molecular formula is C21H25N5O. The second kappa shape index (κ2) is 8.80. The number of carbonyl (C=O) groups is 1. The van der Waals surface area contributed by atoms with Crippen LogP contribution in [0.25, 0.3) is 21.3 Å². The first-order valence-electron chi connectivity index (χ1n) is 9.45. The van der Waals surface area contributed by atoms with Crippen LogP contribution in [0.15, 0.2) is 48.2 Å². The number of hydrogen-bond donors (Lipinski definition) is 1. The number of fused-ring (bicyclic) bond motifs is 1.